The molecule has 0 radical (unpaired) electrons. The van der Waals surface area contributed by atoms with Crippen molar-refractivity contribution in [2.45, 2.75) is 6.61 Å². The molecular weight excluding hydrogens is 286 g/mol. The van der Waals surface area contributed by atoms with E-state index < -0.39 is 0 Å². The summed E-state index contributed by atoms with van der Waals surface area (Å²) >= 11 is 0. The van der Waals surface area contributed by atoms with Gasteiger partial charge in [-0.25, -0.2) is 4.98 Å². The Bertz CT molecular complexity index is 805. The molecule has 23 heavy (non-hydrogen) atoms. The molecule has 3 nitrogen and oxygen atoms in total. The van der Waals surface area contributed by atoms with E-state index in [1.54, 1.807) is 18.3 Å². The predicted octanol–water partition coefficient (Wildman–Crippen LogP) is 4.43. The summed E-state index contributed by atoms with van der Waals surface area (Å²) < 4.78 is 11.5. The van der Waals surface area contributed by atoms with Gasteiger partial charge in [-0.15, -0.1) is 6.42 Å². The van der Waals surface area contributed by atoms with Gasteiger partial charge in [0.25, 0.3) is 0 Å². The summed E-state index contributed by atoms with van der Waals surface area (Å²) in [6.07, 6.45) is 6.91. The number of nitrogens with zero attached hydrogens (tertiary/aromatic N) is 1. The third kappa shape index (κ3) is 4.12. The molecular formula is C20H15NO2. The molecule has 3 rings (SSSR count). The monoisotopic (exact) mass is 301 g/mol. The van der Waals surface area contributed by atoms with Gasteiger partial charge in [0.05, 0.1) is 0 Å². The van der Waals surface area contributed by atoms with Crippen LogP contribution in [0.1, 0.15) is 11.1 Å². The summed E-state index contributed by atoms with van der Waals surface area (Å²) in [5.41, 5.74) is 1.84. The lowest BCUT2D eigenvalue weighted by molar-refractivity contribution is 0.304. The van der Waals surface area contributed by atoms with Crippen LogP contribution in [0, 0.1) is 12.3 Å². The van der Waals surface area contributed by atoms with E-state index in [0.717, 1.165) is 16.9 Å². The lowest BCUT2D eigenvalue weighted by Gasteiger charge is -2.09. The predicted molar refractivity (Wildman–Crippen MR) is 89.5 cm³/mol. The van der Waals surface area contributed by atoms with Crippen LogP contribution in [-0.2, 0) is 6.61 Å². The molecule has 0 spiro atoms. The molecule has 0 aliphatic rings. The number of terminal acetylenes is 1. The van der Waals surface area contributed by atoms with Gasteiger partial charge in [-0.05, 0) is 23.8 Å². The van der Waals surface area contributed by atoms with Crippen molar-refractivity contribution in [1.29, 1.82) is 0 Å². The minimum atomic E-state index is 0.490. The Labute approximate surface area is 135 Å². The molecule has 0 N–H and O–H groups in total. The molecule has 3 aromatic rings. The second-order valence-corrected chi connectivity index (χ2v) is 4.88. The van der Waals surface area contributed by atoms with E-state index in [0.29, 0.717) is 18.2 Å². The molecule has 0 unspecified atom stereocenters. The van der Waals surface area contributed by atoms with Crippen molar-refractivity contribution in [3.63, 3.8) is 0 Å². The number of hydrogen-bond acceptors (Lipinski definition) is 3. The van der Waals surface area contributed by atoms with E-state index >= 15 is 0 Å². The van der Waals surface area contributed by atoms with Crippen LogP contribution in [0.2, 0.25) is 0 Å². The van der Waals surface area contributed by atoms with E-state index in [9.17, 15) is 0 Å². The third-order valence-electron chi connectivity index (χ3n) is 3.18. The van der Waals surface area contributed by atoms with E-state index in [1.807, 2.05) is 54.6 Å². The van der Waals surface area contributed by atoms with Gasteiger partial charge < -0.3 is 9.47 Å². The minimum Gasteiger partial charge on any atom is -0.489 e. The number of hydrogen-bond donors (Lipinski definition) is 0. The molecule has 2 aromatic carbocycles. The van der Waals surface area contributed by atoms with Crippen LogP contribution in [-0.4, -0.2) is 4.98 Å². The maximum atomic E-state index is 5.78. The van der Waals surface area contributed by atoms with Gasteiger partial charge in [0.15, 0.2) is 0 Å². The first-order valence-corrected chi connectivity index (χ1v) is 7.21. The van der Waals surface area contributed by atoms with Crippen molar-refractivity contribution in [2.75, 3.05) is 0 Å². The molecule has 0 saturated heterocycles. The Morgan fingerprint density at radius 3 is 2.48 bits per heavy atom. The zero-order valence-corrected chi connectivity index (χ0v) is 12.5. The van der Waals surface area contributed by atoms with Crippen LogP contribution in [0.15, 0.2) is 72.9 Å². The van der Waals surface area contributed by atoms with Crippen LogP contribution in [0.25, 0.3) is 0 Å². The topological polar surface area (TPSA) is 31.4 Å². The molecule has 0 amide bonds. The molecule has 112 valence electrons. The maximum absolute atomic E-state index is 5.78. The molecule has 1 heterocycles. The molecule has 0 saturated carbocycles. The van der Waals surface area contributed by atoms with Crippen molar-refractivity contribution in [3.8, 4) is 29.7 Å². The number of pyridine rings is 1. The average Bonchev–Trinajstić information content (AvgIpc) is 2.62. The molecule has 0 aliphatic carbocycles. The Morgan fingerprint density at radius 1 is 0.913 bits per heavy atom. The Hall–Kier alpha value is -3.25. The third-order valence-corrected chi connectivity index (χ3v) is 3.18. The standard InChI is InChI=1S/C20H15NO2/c1-2-16-11-12-20(21-14-16)23-19-10-6-9-18(13-19)22-15-17-7-4-3-5-8-17/h1,3-14H,15H2. The van der Waals surface area contributed by atoms with Crippen LogP contribution in [0.3, 0.4) is 0 Å². The van der Waals surface area contributed by atoms with Crippen molar-refractivity contribution in [1.82, 2.24) is 4.98 Å². The number of ether oxygens (including phenoxy) is 2. The van der Waals surface area contributed by atoms with E-state index in [-0.39, 0.29) is 0 Å². The number of aromatic nitrogens is 1. The molecule has 1 aromatic heterocycles. The first-order valence-electron chi connectivity index (χ1n) is 7.21. The van der Waals surface area contributed by atoms with Gasteiger partial charge in [0.2, 0.25) is 5.88 Å². The van der Waals surface area contributed by atoms with Crippen LogP contribution < -0.4 is 9.47 Å². The second-order valence-electron chi connectivity index (χ2n) is 4.88. The van der Waals surface area contributed by atoms with Crippen molar-refractivity contribution >= 4 is 0 Å². The molecule has 0 fully saturated rings. The fourth-order valence-electron chi connectivity index (χ4n) is 2.02. The highest BCUT2D eigenvalue weighted by Gasteiger charge is 2.02. The highest BCUT2D eigenvalue weighted by Crippen LogP contribution is 2.24. The Morgan fingerprint density at radius 2 is 1.74 bits per heavy atom. The maximum Gasteiger partial charge on any atom is 0.219 e. The Balaban J connectivity index is 1.66. The first kappa shape index (κ1) is 14.7. The summed E-state index contributed by atoms with van der Waals surface area (Å²) in [5, 5.41) is 0. The molecule has 0 atom stereocenters. The lowest BCUT2D eigenvalue weighted by atomic mass is 10.2. The minimum absolute atomic E-state index is 0.490. The number of benzene rings is 2. The number of rotatable bonds is 5. The van der Waals surface area contributed by atoms with E-state index in [1.165, 1.54) is 0 Å². The van der Waals surface area contributed by atoms with Crippen LogP contribution >= 0.6 is 0 Å². The van der Waals surface area contributed by atoms with Gasteiger partial charge >= 0.3 is 0 Å². The van der Waals surface area contributed by atoms with Gasteiger partial charge in [-0.1, -0.05) is 42.3 Å². The van der Waals surface area contributed by atoms with Crippen molar-refractivity contribution < 1.29 is 9.47 Å². The lowest BCUT2D eigenvalue weighted by Crippen LogP contribution is -1.95. The Kier molecular flexibility index (Phi) is 4.56. The summed E-state index contributed by atoms with van der Waals surface area (Å²) in [5.74, 6) is 4.42. The molecule has 0 bridgehead atoms. The molecule has 3 heteroatoms. The zero-order chi connectivity index (χ0) is 15.9. The molecule has 0 aliphatic heterocycles. The van der Waals surface area contributed by atoms with Crippen LogP contribution in [0.4, 0.5) is 0 Å². The first-order chi connectivity index (χ1) is 11.3. The second kappa shape index (κ2) is 7.15. The fourth-order valence-corrected chi connectivity index (χ4v) is 2.02. The average molecular weight is 301 g/mol. The normalized spacial score (nSPS) is 9.87. The summed E-state index contributed by atoms with van der Waals surface area (Å²) in [6, 6.07) is 21.0. The summed E-state index contributed by atoms with van der Waals surface area (Å²) in [7, 11) is 0. The van der Waals surface area contributed by atoms with Gasteiger partial charge in [-0.2, -0.15) is 0 Å². The van der Waals surface area contributed by atoms with Gasteiger partial charge in [0.1, 0.15) is 18.1 Å². The van der Waals surface area contributed by atoms with Crippen molar-refractivity contribution in [3.05, 3.63) is 84.1 Å². The summed E-state index contributed by atoms with van der Waals surface area (Å²) in [6.45, 7) is 0.513. The van der Waals surface area contributed by atoms with E-state index in [2.05, 4.69) is 10.9 Å². The van der Waals surface area contributed by atoms with Crippen LogP contribution in [0.5, 0.6) is 17.4 Å². The summed E-state index contributed by atoms with van der Waals surface area (Å²) in [4.78, 5) is 4.16. The zero-order valence-electron chi connectivity index (χ0n) is 12.5. The quantitative estimate of drug-likeness (QED) is 0.653. The van der Waals surface area contributed by atoms with Gasteiger partial charge in [-0.3, -0.25) is 0 Å². The SMILES string of the molecule is C#Cc1ccc(Oc2cccc(OCc3ccccc3)c2)nc1. The smallest absolute Gasteiger partial charge is 0.219 e. The highest BCUT2D eigenvalue weighted by molar-refractivity contribution is 5.37. The largest absolute Gasteiger partial charge is 0.489 e. The van der Waals surface area contributed by atoms with Crippen molar-refractivity contribution in [2.24, 2.45) is 0 Å². The van der Waals surface area contributed by atoms with Gasteiger partial charge in [0, 0.05) is 23.9 Å². The van der Waals surface area contributed by atoms with E-state index in [4.69, 9.17) is 15.9 Å². The highest BCUT2D eigenvalue weighted by atomic mass is 16.5. The fraction of sp³-hybridized carbons (Fsp3) is 0.0500.